The number of unbranched alkanes of at least 4 members (excludes halogenated alkanes) is 7. The lowest BCUT2D eigenvalue weighted by Gasteiger charge is -2.01. The molecule has 0 radical (unpaired) electrons. The van der Waals surface area contributed by atoms with Crippen LogP contribution < -0.4 is 0 Å². The predicted molar refractivity (Wildman–Crippen MR) is 66.2 cm³/mol. The molecule has 0 bridgehead atoms. The van der Waals surface area contributed by atoms with Crippen molar-refractivity contribution in [2.75, 3.05) is 6.61 Å². The number of rotatable bonds is 11. The van der Waals surface area contributed by atoms with Gasteiger partial charge >= 0.3 is 15.6 Å². The molecule has 0 amide bonds. The first-order valence-electron chi connectivity index (χ1n) is 6.49. The van der Waals surface area contributed by atoms with E-state index < -0.39 is 0 Å². The highest BCUT2D eigenvalue weighted by Gasteiger charge is 1.94. The fraction of sp³-hybridized carbons (Fsp3) is 1.00. The summed E-state index contributed by atoms with van der Waals surface area (Å²) >= 11 is -0.136. The van der Waals surface area contributed by atoms with Gasteiger partial charge in [-0.3, -0.25) is 0 Å². The van der Waals surface area contributed by atoms with Gasteiger partial charge in [-0.2, -0.15) is 0 Å². The molecule has 0 fully saturated rings. The molecule has 0 aliphatic heterocycles. The van der Waals surface area contributed by atoms with Gasteiger partial charge in [0.2, 0.25) is 0 Å². The molecule has 0 saturated carbocycles. The van der Waals surface area contributed by atoms with Crippen molar-refractivity contribution in [3.63, 3.8) is 0 Å². The summed E-state index contributed by atoms with van der Waals surface area (Å²) in [5, 5.41) is 1.39. The maximum absolute atomic E-state index is 5.43. The highest BCUT2D eigenvalue weighted by Crippen LogP contribution is 2.09. The average Bonchev–Trinajstić information content (AvgIpc) is 2.21. The van der Waals surface area contributed by atoms with E-state index in [2.05, 4.69) is 13.8 Å². The first-order chi connectivity index (χ1) is 6.91. The summed E-state index contributed by atoms with van der Waals surface area (Å²) in [6.07, 6.45) is 11.4. The minimum absolute atomic E-state index is 0.136. The van der Waals surface area contributed by atoms with E-state index in [0.29, 0.717) is 0 Å². The first-order valence-corrected chi connectivity index (χ1v) is 8.07. The van der Waals surface area contributed by atoms with E-state index in [4.69, 9.17) is 3.79 Å². The first kappa shape index (κ1) is 14.5. The fourth-order valence-corrected chi connectivity index (χ4v) is 2.71. The Morgan fingerprint density at radius 3 is 1.93 bits per heavy atom. The van der Waals surface area contributed by atoms with Crippen molar-refractivity contribution in [2.45, 2.75) is 70.5 Å². The minimum atomic E-state index is -0.136. The van der Waals surface area contributed by atoms with E-state index in [-0.39, 0.29) is 15.6 Å². The zero-order chi connectivity index (χ0) is 10.5. The van der Waals surface area contributed by atoms with Gasteiger partial charge < -0.3 is 3.79 Å². The predicted octanol–water partition coefficient (Wildman–Crippen LogP) is 3.93. The molecular weight excluding hydrogens is 187 g/mol. The van der Waals surface area contributed by atoms with Crippen LogP contribution in [0.1, 0.15) is 65.2 Å². The molecule has 0 rings (SSSR count). The third-order valence-corrected chi connectivity index (χ3v) is 4.08. The van der Waals surface area contributed by atoms with Crippen molar-refractivity contribution >= 4 is 15.6 Å². The largest absolute Gasteiger partial charge is 0.503 e. The maximum atomic E-state index is 5.43. The standard InChI is InChI=1S/C10H21.C2H5O.Al.H/c1-3-5-7-9-10-8-6-4-2;1-2-3;;/h1,3-10H2,2H3;2H2,1H3;;/q;-1;+1;. The molecule has 0 aromatic heterocycles. The molecule has 0 atom stereocenters. The lowest BCUT2D eigenvalue weighted by molar-refractivity contribution is 0.358. The molecule has 14 heavy (non-hydrogen) atoms. The third kappa shape index (κ3) is 12.5. The molecule has 0 aliphatic carbocycles. The SMILES string of the molecule is CCCCCCCCC[CH2][AlH][O]CC. The lowest BCUT2D eigenvalue weighted by Crippen LogP contribution is -1.96. The smallest absolute Gasteiger partial charge is 0.435 e. The summed E-state index contributed by atoms with van der Waals surface area (Å²) in [4.78, 5) is 0. The molecule has 0 aromatic rings. The second kappa shape index (κ2) is 13.5. The molecule has 1 nitrogen and oxygen atoms in total. The summed E-state index contributed by atoms with van der Waals surface area (Å²) in [5.74, 6) is 0. The Morgan fingerprint density at radius 1 is 0.786 bits per heavy atom. The Bertz CT molecular complexity index is 84.3. The molecule has 0 unspecified atom stereocenters. The summed E-state index contributed by atoms with van der Waals surface area (Å²) in [5.41, 5.74) is 0. The van der Waals surface area contributed by atoms with Gasteiger partial charge in [0.05, 0.1) is 0 Å². The highest BCUT2D eigenvalue weighted by atomic mass is 27.1. The van der Waals surface area contributed by atoms with Gasteiger partial charge in [-0.15, -0.1) is 0 Å². The van der Waals surface area contributed by atoms with Crippen LogP contribution in [0.3, 0.4) is 0 Å². The van der Waals surface area contributed by atoms with Crippen molar-refractivity contribution in [1.29, 1.82) is 0 Å². The van der Waals surface area contributed by atoms with Crippen LogP contribution in [0.4, 0.5) is 0 Å². The van der Waals surface area contributed by atoms with Crippen molar-refractivity contribution in [3.8, 4) is 0 Å². The molecule has 0 heterocycles. The maximum Gasteiger partial charge on any atom is 0.435 e. The summed E-state index contributed by atoms with van der Waals surface area (Å²) in [6, 6.07) is 0. The van der Waals surface area contributed by atoms with Gasteiger partial charge in [0.1, 0.15) is 0 Å². The van der Waals surface area contributed by atoms with Crippen LogP contribution in [0.25, 0.3) is 0 Å². The molecule has 0 aromatic carbocycles. The second-order valence-electron chi connectivity index (χ2n) is 4.03. The quantitative estimate of drug-likeness (QED) is 0.374. The van der Waals surface area contributed by atoms with Crippen molar-refractivity contribution in [1.82, 2.24) is 0 Å². The van der Waals surface area contributed by atoms with Gasteiger partial charge in [-0.05, 0) is 6.92 Å². The second-order valence-corrected chi connectivity index (χ2v) is 5.55. The van der Waals surface area contributed by atoms with E-state index in [9.17, 15) is 0 Å². The number of hydrogen-bond donors (Lipinski definition) is 0. The van der Waals surface area contributed by atoms with E-state index in [0.717, 1.165) is 6.61 Å². The summed E-state index contributed by atoms with van der Waals surface area (Å²) in [7, 11) is 0. The molecule has 84 valence electrons. The molecule has 0 aliphatic rings. The zero-order valence-electron chi connectivity index (χ0n) is 10.2. The van der Waals surface area contributed by atoms with Crippen LogP contribution >= 0.6 is 0 Å². The number of hydrogen-bond acceptors (Lipinski definition) is 1. The Kier molecular flexibility index (Phi) is 14.0. The minimum Gasteiger partial charge on any atom is -0.503 e. The lowest BCUT2D eigenvalue weighted by atomic mass is 10.1. The van der Waals surface area contributed by atoms with Crippen LogP contribution in [0.2, 0.25) is 5.28 Å². The van der Waals surface area contributed by atoms with E-state index >= 15 is 0 Å². The Balaban J connectivity index is 2.78. The Morgan fingerprint density at radius 2 is 1.36 bits per heavy atom. The molecule has 0 spiro atoms. The normalized spacial score (nSPS) is 10.4. The average molecular weight is 214 g/mol. The van der Waals surface area contributed by atoms with Gasteiger partial charge in [-0.1, -0.05) is 63.6 Å². The zero-order valence-corrected chi connectivity index (χ0v) is 11.6. The Labute approximate surface area is 96.7 Å². The van der Waals surface area contributed by atoms with E-state index in [1.807, 2.05) is 0 Å². The van der Waals surface area contributed by atoms with Crippen LogP contribution in [0.5, 0.6) is 0 Å². The van der Waals surface area contributed by atoms with Gasteiger partial charge in [-0.25, -0.2) is 0 Å². The van der Waals surface area contributed by atoms with Crippen molar-refractivity contribution in [2.24, 2.45) is 0 Å². The summed E-state index contributed by atoms with van der Waals surface area (Å²) < 4.78 is 5.43. The van der Waals surface area contributed by atoms with Crippen LogP contribution in [-0.4, -0.2) is 22.2 Å². The molecular formula is C12H27AlO. The van der Waals surface area contributed by atoms with Gasteiger partial charge in [0.25, 0.3) is 0 Å². The van der Waals surface area contributed by atoms with Crippen molar-refractivity contribution < 1.29 is 3.79 Å². The molecule has 0 saturated heterocycles. The fourth-order valence-electron chi connectivity index (χ4n) is 1.66. The highest BCUT2D eigenvalue weighted by molar-refractivity contribution is 6.26. The van der Waals surface area contributed by atoms with E-state index in [1.165, 1.54) is 56.6 Å². The molecule has 2 heteroatoms. The Hall–Kier alpha value is 0.492. The third-order valence-electron chi connectivity index (χ3n) is 2.60. The van der Waals surface area contributed by atoms with Crippen LogP contribution in [0, 0.1) is 0 Å². The van der Waals surface area contributed by atoms with Gasteiger partial charge in [0.15, 0.2) is 0 Å². The van der Waals surface area contributed by atoms with E-state index in [1.54, 1.807) is 0 Å². The molecule has 0 N–H and O–H groups in total. The summed E-state index contributed by atoms with van der Waals surface area (Å²) in [6.45, 7) is 5.31. The topological polar surface area (TPSA) is 9.23 Å². The van der Waals surface area contributed by atoms with Gasteiger partial charge in [0, 0.05) is 6.61 Å². The van der Waals surface area contributed by atoms with Crippen LogP contribution in [-0.2, 0) is 3.79 Å². The monoisotopic (exact) mass is 214 g/mol. The van der Waals surface area contributed by atoms with Crippen molar-refractivity contribution in [3.05, 3.63) is 0 Å². The van der Waals surface area contributed by atoms with Crippen LogP contribution in [0.15, 0.2) is 0 Å².